The lowest BCUT2D eigenvalue weighted by molar-refractivity contribution is 0.537. The molecule has 1 aromatic carbocycles. The maximum Gasteiger partial charge on any atom is 0.178 e. The van der Waals surface area contributed by atoms with Crippen LogP contribution < -0.4 is 0 Å². The van der Waals surface area contributed by atoms with Crippen LogP contribution in [0.2, 0.25) is 0 Å². The molecule has 1 N–H and O–H groups in total. The van der Waals surface area contributed by atoms with Gasteiger partial charge in [-0.25, -0.2) is 0 Å². The van der Waals surface area contributed by atoms with E-state index in [1.165, 1.54) is 11.3 Å². The van der Waals surface area contributed by atoms with E-state index in [1.807, 2.05) is 17.8 Å². The Balaban J connectivity index is 2.36. The van der Waals surface area contributed by atoms with Crippen LogP contribution in [0.25, 0.3) is 11.0 Å². The van der Waals surface area contributed by atoms with Gasteiger partial charge in [-0.1, -0.05) is 19.1 Å². The second kappa shape index (κ2) is 5.06. The fourth-order valence-electron chi connectivity index (χ4n) is 1.94. The quantitative estimate of drug-likeness (QED) is 0.838. The Morgan fingerprint density at radius 3 is 2.94 bits per heavy atom. The Morgan fingerprint density at radius 2 is 2.19 bits per heavy atom. The van der Waals surface area contributed by atoms with Gasteiger partial charge in [0.05, 0.1) is 11.0 Å². The number of hydrogen-bond acceptors (Lipinski definition) is 2. The molecule has 0 aliphatic carbocycles. The van der Waals surface area contributed by atoms with Crippen LogP contribution in [0.5, 0.6) is 0 Å². The number of para-hydroxylation sites is 2. The molecule has 1 aromatic heterocycles. The fraction of sp³-hybridized carbons (Fsp3) is 0.417. The molecule has 0 fully saturated rings. The molecular formula is C12H16N2S2. The molecule has 2 aromatic rings. The van der Waals surface area contributed by atoms with Crippen LogP contribution in [0.3, 0.4) is 0 Å². The molecule has 0 aliphatic rings. The Bertz CT molecular complexity index is 527. The maximum absolute atomic E-state index is 5.36. The summed E-state index contributed by atoms with van der Waals surface area (Å²) in [5.41, 5.74) is 2.34. The zero-order valence-corrected chi connectivity index (χ0v) is 11.2. The van der Waals surface area contributed by atoms with E-state index >= 15 is 0 Å². The van der Waals surface area contributed by atoms with Crippen molar-refractivity contribution in [1.82, 2.24) is 9.55 Å². The highest BCUT2D eigenvalue weighted by Gasteiger charge is 2.07. The SMILES string of the molecule is CSCC(C)Cn1c(=S)[nH]c2ccccc21. The van der Waals surface area contributed by atoms with Crippen LogP contribution in [-0.2, 0) is 6.54 Å². The Kier molecular flexibility index (Phi) is 3.71. The van der Waals surface area contributed by atoms with Gasteiger partial charge >= 0.3 is 0 Å². The predicted molar refractivity (Wildman–Crippen MR) is 74.7 cm³/mol. The van der Waals surface area contributed by atoms with Gasteiger partial charge in [0.2, 0.25) is 0 Å². The van der Waals surface area contributed by atoms with Gasteiger partial charge < -0.3 is 9.55 Å². The summed E-state index contributed by atoms with van der Waals surface area (Å²) in [7, 11) is 0. The van der Waals surface area contributed by atoms with E-state index in [2.05, 4.69) is 40.9 Å². The smallest absolute Gasteiger partial charge is 0.178 e. The van der Waals surface area contributed by atoms with Gasteiger partial charge in [0.15, 0.2) is 4.77 Å². The lowest BCUT2D eigenvalue weighted by atomic mass is 10.2. The average Bonchev–Trinajstić information content (AvgIpc) is 2.56. The van der Waals surface area contributed by atoms with Gasteiger partial charge in [-0.3, -0.25) is 0 Å². The first-order valence-corrected chi connectivity index (χ1v) is 7.19. The van der Waals surface area contributed by atoms with Crippen molar-refractivity contribution in [3.63, 3.8) is 0 Å². The Morgan fingerprint density at radius 1 is 1.44 bits per heavy atom. The van der Waals surface area contributed by atoms with E-state index in [1.54, 1.807) is 0 Å². The van der Waals surface area contributed by atoms with Crippen molar-refractivity contribution in [2.75, 3.05) is 12.0 Å². The molecule has 0 spiro atoms. The van der Waals surface area contributed by atoms with Crippen LogP contribution in [0.15, 0.2) is 24.3 Å². The highest BCUT2D eigenvalue weighted by Crippen LogP contribution is 2.16. The molecule has 0 saturated carbocycles. The number of thioether (sulfide) groups is 1. The second-order valence-corrected chi connectivity index (χ2v) is 5.42. The summed E-state index contributed by atoms with van der Waals surface area (Å²) in [6.45, 7) is 3.25. The third-order valence-corrected chi connectivity index (χ3v) is 3.85. The first-order valence-electron chi connectivity index (χ1n) is 5.39. The van der Waals surface area contributed by atoms with Crippen LogP contribution in [0.1, 0.15) is 6.92 Å². The number of rotatable bonds is 4. The maximum atomic E-state index is 5.36. The minimum absolute atomic E-state index is 0.640. The monoisotopic (exact) mass is 252 g/mol. The summed E-state index contributed by atoms with van der Waals surface area (Å²) in [6, 6.07) is 8.28. The molecule has 0 saturated heterocycles. The number of hydrogen-bond donors (Lipinski definition) is 1. The van der Waals surface area contributed by atoms with Crippen LogP contribution in [-0.4, -0.2) is 21.6 Å². The summed E-state index contributed by atoms with van der Waals surface area (Å²) in [5.74, 6) is 1.81. The number of nitrogens with one attached hydrogen (secondary N) is 1. The Labute approximate surface area is 105 Å². The third kappa shape index (κ3) is 2.33. The van der Waals surface area contributed by atoms with Crippen LogP contribution in [0, 0.1) is 10.7 Å². The van der Waals surface area contributed by atoms with E-state index in [0.717, 1.165) is 16.8 Å². The first-order chi connectivity index (χ1) is 7.72. The number of imidazole rings is 1. The highest BCUT2D eigenvalue weighted by molar-refractivity contribution is 7.98. The molecule has 86 valence electrons. The van der Waals surface area contributed by atoms with E-state index in [4.69, 9.17) is 12.2 Å². The third-order valence-electron chi connectivity index (χ3n) is 2.63. The van der Waals surface area contributed by atoms with Crippen molar-refractivity contribution in [3.05, 3.63) is 29.0 Å². The van der Waals surface area contributed by atoms with E-state index in [9.17, 15) is 0 Å². The number of aromatic nitrogens is 2. The van der Waals surface area contributed by atoms with Gasteiger partial charge in [-0.05, 0) is 42.3 Å². The lowest BCUT2D eigenvalue weighted by Crippen LogP contribution is -2.09. The number of H-pyrrole nitrogens is 1. The van der Waals surface area contributed by atoms with E-state index in [-0.39, 0.29) is 0 Å². The molecule has 0 aliphatic heterocycles. The van der Waals surface area contributed by atoms with Gasteiger partial charge in [0, 0.05) is 6.54 Å². The normalized spacial score (nSPS) is 13.1. The summed E-state index contributed by atoms with van der Waals surface area (Å²) in [5, 5.41) is 0. The molecule has 2 nitrogen and oxygen atoms in total. The minimum Gasteiger partial charge on any atom is -0.331 e. The minimum atomic E-state index is 0.640. The molecule has 4 heteroatoms. The van der Waals surface area contributed by atoms with Gasteiger partial charge in [-0.15, -0.1) is 0 Å². The van der Waals surface area contributed by atoms with Crippen LogP contribution >= 0.6 is 24.0 Å². The average molecular weight is 252 g/mol. The van der Waals surface area contributed by atoms with Gasteiger partial charge in [0.1, 0.15) is 0 Å². The lowest BCUT2D eigenvalue weighted by Gasteiger charge is -2.11. The number of benzene rings is 1. The van der Waals surface area contributed by atoms with Gasteiger partial charge in [0.25, 0.3) is 0 Å². The summed E-state index contributed by atoms with van der Waals surface area (Å²) in [6.07, 6.45) is 2.14. The molecule has 0 amide bonds. The van der Waals surface area contributed by atoms with Crippen molar-refractivity contribution in [2.45, 2.75) is 13.5 Å². The largest absolute Gasteiger partial charge is 0.331 e. The topological polar surface area (TPSA) is 20.7 Å². The molecule has 1 heterocycles. The molecule has 1 atom stereocenters. The predicted octanol–water partition coefficient (Wildman–Crippen LogP) is 3.70. The molecule has 0 bridgehead atoms. The highest BCUT2D eigenvalue weighted by atomic mass is 32.2. The van der Waals surface area contributed by atoms with Crippen molar-refractivity contribution in [1.29, 1.82) is 0 Å². The van der Waals surface area contributed by atoms with E-state index < -0.39 is 0 Å². The molecule has 16 heavy (non-hydrogen) atoms. The zero-order valence-electron chi connectivity index (χ0n) is 9.56. The number of aromatic amines is 1. The first kappa shape index (κ1) is 11.7. The molecule has 1 unspecified atom stereocenters. The van der Waals surface area contributed by atoms with Gasteiger partial charge in [-0.2, -0.15) is 11.8 Å². The van der Waals surface area contributed by atoms with Crippen molar-refractivity contribution in [2.24, 2.45) is 5.92 Å². The molecule has 0 radical (unpaired) electrons. The van der Waals surface area contributed by atoms with Crippen LogP contribution in [0.4, 0.5) is 0 Å². The second-order valence-electron chi connectivity index (χ2n) is 4.12. The standard InChI is InChI=1S/C12H16N2S2/c1-9(8-16-2)7-14-11-6-4-3-5-10(11)13-12(14)15/h3-6,9H,7-8H2,1-2H3,(H,13,15). The van der Waals surface area contributed by atoms with Crippen molar-refractivity contribution >= 4 is 35.0 Å². The molecular weight excluding hydrogens is 236 g/mol. The Hall–Kier alpha value is -0.740. The summed E-state index contributed by atoms with van der Waals surface area (Å²) >= 11 is 7.24. The fourth-order valence-corrected chi connectivity index (χ4v) is 2.89. The van der Waals surface area contributed by atoms with Crippen molar-refractivity contribution < 1.29 is 0 Å². The van der Waals surface area contributed by atoms with E-state index in [0.29, 0.717) is 5.92 Å². The number of fused-ring (bicyclic) bond motifs is 1. The molecule has 2 rings (SSSR count). The zero-order chi connectivity index (χ0) is 11.5. The van der Waals surface area contributed by atoms with Crippen molar-refractivity contribution in [3.8, 4) is 0 Å². The summed E-state index contributed by atoms with van der Waals surface area (Å²) < 4.78 is 3.03. The summed E-state index contributed by atoms with van der Waals surface area (Å²) in [4.78, 5) is 3.25. The number of nitrogens with zero attached hydrogens (tertiary/aromatic N) is 1.